The highest BCUT2D eigenvalue weighted by Gasteiger charge is 2.23. The molecule has 0 radical (unpaired) electrons. The van der Waals surface area contributed by atoms with Gasteiger partial charge in [-0.15, -0.1) is 11.6 Å². The van der Waals surface area contributed by atoms with E-state index in [1.807, 2.05) is 50.2 Å². The molecule has 0 aliphatic carbocycles. The maximum atomic E-state index is 10.2. The first-order valence-electron chi connectivity index (χ1n) is 12.0. The number of hydrogen-bond acceptors (Lipinski definition) is 7. The lowest BCUT2D eigenvalue weighted by atomic mass is 9.78. The van der Waals surface area contributed by atoms with E-state index in [2.05, 4.69) is 26.0 Å². The van der Waals surface area contributed by atoms with Crippen molar-refractivity contribution in [1.29, 1.82) is 0 Å². The van der Waals surface area contributed by atoms with Gasteiger partial charge in [0.05, 0.1) is 25.5 Å². The van der Waals surface area contributed by atoms with Gasteiger partial charge in [0.25, 0.3) is 0 Å². The first-order chi connectivity index (χ1) is 16.7. The van der Waals surface area contributed by atoms with Crippen LogP contribution in [0.2, 0.25) is 0 Å². The third-order valence-corrected chi connectivity index (χ3v) is 5.77. The number of hydrazine groups is 1. The van der Waals surface area contributed by atoms with E-state index >= 15 is 0 Å². The van der Waals surface area contributed by atoms with Crippen LogP contribution in [-0.4, -0.2) is 53.6 Å². The fourth-order valence-electron chi connectivity index (χ4n) is 3.37. The molecule has 0 amide bonds. The molecule has 0 spiro atoms. The van der Waals surface area contributed by atoms with Gasteiger partial charge < -0.3 is 30.4 Å². The summed E-state index contributed by atoms with van der Waals surface area (Å²) in [5.74, 6) is 7.94. The topological polar surface area (TPSA) is 114 Å². The van der Waals surface area contributed by atoms with E-state index in [1.54, 1.807) is 6.92 Å². The fraction of sp³-hybridized carbons (Fsp3) is 0.481. The molecule has 1 unspecified atom stereocenters. The molecule has 35 heavy (non-hydrogen) atoms. The summed E-state index contributed by atoms with van der Waals surface area (Å²) in [6, 6.07) is 15.9. The second kappa shape index (κ2) is 15.5. The standard InChI is InChI=1S/C25H36ClN3O4.C2H6/c1-18(27)24(16-30)29(28)15-21(31)17-33-23-11-7-20(8-12-23)25(2,3)19-5-9-22(10-6-19)32-14-4-13-26;1-2/h5-12,21,30-31H,4,13-17,27-28H2,1-3H3;1-2H3/b24-18-;. The van der Waals surface area contributed by atoms with Gasteiger partial charge in [-0.3, -0.25) is 0 Å². The molecular formula is C27H42ClN3O4. The molecule has 8 heteroatoms. The molecule has 2 aromatic carbocycles. The zero-order chi connectivity index (χ0) is 26.4. The molecule has 6 N–H and O–H groups in total. The van der Waals surface area contributed by atoms with Crippen molar-refractivity contribution < 1.29 is 19.7 Å². The number of nitrogens with zero attached hydrogens (tertiary/aromatic N) is 1. The Bertz CT molecular complexity index is 882. The smallest absolute Gasteiger partial charge is 0.119 e. The normalized spacial score (nSPS) is 12.7. The van der Waals surface area contributed by atoms with Gasteiger partial charge in [-0.2, -0.15) is 0 Å². The Labute approximate surface area is 215 Å². The largest absolute Gasteiger partial charge is 0.494 e. The summed E-state index contributed by atoms with van der Waals surface area (Å²) < 4.78 is 11.4. The van der Waals surface area contributed by atoms with Crippen molar-refractivity contribution in [1.82, 2.24) is 5.01 Å². The Morgan fingerprint density at radius 1 is 1.00 bits per heavy atom. The van der Waals surface area contributed by atoms with Crippen LogP contribution in [0.4, 0.5) is 0 Å². The van der Waals surface area contributed by atoms with Gasteiger partial charge in [0.15, 0.2) is 0 Å². The lowest BCUT2D eigenvalue weighted by Gasteiger charge is -2.27. The van der Waals surface area contributed by atoms with Crippen LogP contribution in [0.3, 0.4) is 0 Å². The van der Waals surface area contributed by atoms with E-state index < -0.39 is 6.10 Å². The lowest BCUT2D eigenvalue weighted by Crippen LogP contribution is -2.41. The first-order valence-corrected chi connectivity index (χ1v) is 12.5. The zero-order valence-electron chi connectivity index (χ0n) is 21.6. The maximum Gasteiger partial charge on any atom is 0.119 e. The number of nitrogens with two attached hydrogens (primary N) is 2. The van der Waals surface area contributed by atoms with Gasteiger partial charge in [0, 0.05) is 17.0 Å². The summed E-state index contributed by atoms with van der Waals surface area (Å²) >= 11 is 5.69. The second-order valence-electron chi connectivity index (χ2n) is 8.47. The Morgan fingerprint density at radius 2 is 1.49 bits per heavy atom. The summed E-state index contributed by atoms with van der Waals surface area (Å²) in [6.07, 6.45) is -0.0315. The molecule has 196 valence electrons. The summed E-state index contributed by atoms with van der Waals surface area (Å²) in [7, 11) is 0. The van der Waals surface area contributed by atoms with Gasteiger partial charge in [0.1, 0.15) is 24.2 Å². The van der Waals surface area contributed by atoms with E-state index in [1.165, 1.54) is 10.6 Å². The van der Waals surface area contributed by atoms with Crippen molar-refractivity contribution in [3.8, 4) is 11.5 Å². The van der Waals surface area contributed by atoms with Crippen molar-refractivity contribution in [3.63, 3.8) is 0 Å². The molecule has 0 bridgehead atoms. The number of hydrogen-bond donors (Lipinski definition) is 4. The van der Waals surface area contributed by atoms with Crippen molar-refractivity contribution in [2.45, 2.75) is 52.6 Å². The molecule has 2 rings (SSSR count). The van der Waals surface area contributed by atoms with Crippen molar-refractivity contribution in [2.24, 2.45) is 11.6 Å². The second-order valence-corrected chi connectivity index (χ2v) is 8.85. The highest BCUT2D eigenvalue weighted by molar-refractivity contribution is 6.17. The number of halogens is 1. The van der Waals surface area contributed by atoms with Crippen LogP contribution in [0, 0.1) is 0 Å². The van der Waals surface area contributed by atoms with Crippen LogP contribution < -0.4 is 21.1 Å². The highest BCUT2D eigenvalue weighted by atomic mass is 35.5. The van der Waals surface area contributed by atoms with Crippen LogP contribution in [0.5, 0.6) is 11.5 Å². The summed E-state index contributed by atoms with van der Waals surface area (Å²) in [5.41, 5.74) is 8.55. The van der Waals surface area contributed by atoms with Crippen LogP contribution in [0.15, 0.2) is 59.9 Å². The monoisotopic (exact) mass is 507 g/mol. The Kier molecular flexibility index (Phi) is 13.6. The van der Waals surface area contributed by atoms with E-state index in [4.69, 9.17) is 32.7 Å². The van der Waals surface area contributed by atoms with Gasteiger partial charge >= 0.3 is 0 Å². The number of allylic oxidation sites excluding steroid dienone is 1. The van der Waals surface area contributed by atoms with Crippen molar-refractivity contribution in [3.05, 3.63) is 71.1 Å². The minimum atomic E-state index is -0.850. The molecule has 0 saturated heterocycles. The average Bonchev–Trinajstić information content (AvgIpc) is 2.85. The van der Waals surface area contributed by atoms with Gasteiger partial charge in [0.2, 0.25) is 0 Å². The van der Waals surface area contributed by atoms with E-state index in [0.29, 0.717) is 29.6 Å². The Balaban J connectivity index is 0.00000298. The number of rotatable bonds is 13. The number of aliphatic hydroxyl groups is 2. The molecule has 1 atom stereocenters. The number of benzene rings is 2. The number of aliphatic hydroxyl groups excluding tert-OH is 2. The predicted octanol–water partition coefficient (Wildman–Crippen LogP) is 4.14. The third-order valence-electron chi connectivity index (χ3n) is 5.50. The molecule has 0 aromatic heterocycles. The van der Waals surface area contributed by atoms with E-state index in [0.717, 1.165) is 17.7 Å². The molecule has 0 aliphatic rings. The lowest BCUT2D eigenvalue weighted by molar-refractivity contribution is 0.0741. The van der Waals surface area contributed by atoms with Gasteiger partial charge in [-0.1, -0.05) is 52.0 Å². The summed E-state index contributed by atoms with van der Waals surface area (Å²) in [5, 5.41) is 20.8. The van der Waals surface area contributed by atoms with Crippen LogP contribution >= 0.6 is 11.6 Å². The average molecular weight is 508 g/mol. The van der Waals surface area contributed by atoms with Gasteiger partial charge in [-0.25, -0.2) is 5.84 Å². The van der Waals surface area contributed by atoms with Crippen LogP contribution in [-0.2, 0) is 5.41 Å². The number of alkyl halides is 1. The van der Waals surface area contributed by atoms with Gasteiger partial charge in [-0.05, 0) is 48.7 Å². The van der Waals surface area contributed by atoms with E-state index in [-0.39, 0.29) is 25.2 Å². The fourth-order valence-corrected chi connectivity index (χ4v) is 3.48. The zero-order valence-corrected chi connectivity index (χ0v) is 22.4. The predicted molar refractivity (Wildman–Crippen MR) is 144 cm³/mol. The Morgan fingerprint density at radius 3 is 1.91 bits per heavy atom. The molecular weight excluding hydrogens is 466 g/mol. The first kappa shape index (κ1) is 30.6. The summed E-state index contributed by atoms with van der Waals surface area (Å²) in [4.78, 5) is 0. The molecule has 0 fully saturated rings. The minimum absolute atomic E-state index is 0.0595. The Hall–Kier alpha value is -2.45. The molecule has 0 aliphatic heterocycles. The molecule has 7 nitrogen and oxygen atoms in total. The van der Waals surface area contributed by atoms with Crippen molar-refractivity contribution >= 4 is 11.6 Å². The molecule has 2 aromatic rings. The third kappa shape index (κ3) is 9.61. The minimum Gasteiger partial charge on any atom is -0.494 e. The van der Waals surface area contributed by atoms with Crippen molar-refractivity contribution in [2.75, 3.05) is 32.2 Å². The highest BCUT2D eigenvalue weighted by Crippen LogP contribution is 2.33. The molecule has 0 saturated carbocycles. The van der Waals surface area contributed by atoms with Crippen LogP contribution in [0.25, 0.3) is 0 Å². The number of ether oxygens (including phenoxy) is 2. The van der Waals surface area contributed by atoms with Crippen LogP contribution in [0.1, 0.15) is 52.2 Å². The molecule has 0 heterocycles. The quantitative estimate of drug-likeness (QED) is 0.139. The maximum absolute atomic E-state index is 10.2. The summed E-state index contributed by atoms with van der Waals surface area (Å²) in [6.45, 7) is 10.4. The SMILES string of the molecule is C/C(N)=C(\CO)N(N)CC(O)COc1ccc(C(C)(C)c2ccc(OCCCCl)cc2)cc1.CC. The van der Waals surface area contributed by atoms with E-state index in [9.17, 15) is 10.2 Å².